The fourth-order valence-electron chi connectivity index (χ4n) is 2.40. The molecule has 0 saturated carbocycles. The van der Waals surface area contributed by atoms with Crippen LogP contribution in [0, 0.1) is 12.8 Å². The van der Waals surface area contributed by atoms with Crippen LogP contribution in [-0.2, 0) is 9.59 Å². The van der Waals surface area contributed by atoms with E-state index >= 15 is 0 Å². The van der Waals surface area contributed by atoms with E-state index in [2.05, 4.69) is 10.3 Å². The molecule has 0 spiro atoms. The molecule has 1 aromatic heterocycles. The first-order chi connectivity index (χ1) is 10.5. The Labute approximate surface area is 136 Å². The van der Waals surface area contributed by atoms with Crippen LogP contribution in [0.5, 0.6) is 0 Å². The number of nitrogens with one attached hydrogen (secondary N) is 1. The van der Waals surface area contributed by atoms with Gasteiger partial charge in [0.1, 0.15) is 0 Å². The van der Waals surface area contributed by atoms with Crippen molar-refractivity contribution in [2.45, 2.75) is 13.3 Å². The Bertz CT molecular complexity index is 731. The van der Waals surface area contributed by atoms with Gasteiger partial charge in [0.2, 0.25) is 11.8 Å². The molecule has 0 unspecified atom stereocenters. The molecule has 0 radical (unpaired) electrons. The van der Waals surface area contributed by atoms with E-state index in [4.69, 9.17) is 11.6 Å². The number of hydrogen-bond donors (Lipinski definition) is 1. The average molecular weight is 336 g/mol. The smallest absolute Gasteiger partial charge is 0.231 e. The Morgan fingerprint density at radius 3 is 3.00 bits per heavy atom. The lowest BCUT2D eigenvalue weighted by molar-refractivity contribution is -0.122. The molecule has 7 heteroatoms. The van der Waals surface area contributed by atoms with Crippen LogP contribution in [0.15, 0.2) is 30.5 Å². The molecular weight excluding hydrogens is 322 g/mol. The minimum Gasteiger partial charge on any atom is -0.312 e. The van der Waals surface area contributed by atoms with Crippen LogP contribution in [0.3, 0.4) is 0 Å². The normalized spacial score (nSPS) is 17.8. The third-order valence-corrected chi connectivity index (χ3v) is 4.53. The summed E-state index contributed by atoms with van der Waals surface area (Å²) in [6.07, 6.45) is 1.90. The summed E-state index contributed by atoms with van der Waals surface area (Å²) in [5.74, 6) is -0.624. The first kappa shape index (κ1) is 15.0. The zero-order valence-corrected chi connectivity index (χ0v) is 13.4. The van der Waals surface area contributed by atoms with Gasteiger partial charge in [-0.15, -0.1) is 11.3 Å². The molecule has 1 aliphatic heterocycles. The van der Waals surface area contributed by atoms with Crippen molar-refractivity contribution in [3.63, 3.8) is 0 Å². The summed E-state index contributed by atoms with van der Waals surface area (Å²) in [5.41, 5.74) is 0.720. The van der Waals surface area contributed by atoms with E-state index in [0.29, 0.717) is 16.7 Å². The highest BCUT2D eigenvalue weighted by Gasteiger charge is 2.35. The highest BCUT2D eigenvalue weighted by molar-refractivity contribution is 7.15. The maximum absolute atomic E-state index is 12.3. The predicted octanol–water partition coefficient (Wildman–Crippen LogP) is 3.10. The molecule has 1 aromatic carbocycles. The Hall–Kier alpha value is -1.92. The molecule has 3 rings (SSSR count). The van der Waals surface area contributed by atoms with Gasteiger partial charge in [0.05, 0.1) is 5.92 Å². The number of aryl methyl sites for hydroxylation is 1. The van der Waals surface area contributed by atoms with E-state index in [1.165, 1.54) is 11.3 Å². The third kappa shape index (κ3) is 3.13. The summed E-state index contributed by atoms with van der Waals surface area (Å²) in [7, 11) is 0. The molecule has 0 aliphatic carbocycles. The molecule has 0 bridgehead atoms. The zero-order chi connectivity index (χ0) is 15.7. The number of thiazole rings is 1. The number of carbonyl (C=O) groups is 2. The van der Waals surface area contributed by atoms with Gasteiger partial charge in [0.25, 0.3) is 0 Å². The Kier molecular flexibility index (Phi) is 4.13. The Balaban J connectivity index is 1.70. The van der Waals surface area contributed by atoms with Gasteiger partial charge in [-0.3, -0.25) is 9.59 Å². The molecule has 2 amide bonds. The van der Waals surface area contributed by atoms with E-state index in [-0.39, 0.29) is 24.2 Å². The largest absolute Gasteiger partial charge is 0.312 e. The van der Waals surface area contributed by atoms with Crippen molar-refractivity contribution in [2.75, 3.05) is 16.8 Å². The summed E-state index contributed by atoms with van der Waals surface area (Å²) in [6, 6.07) is 7.08. The summed E-state index contributed by atoms with van der Waals surface area (Å²) in [4.78, 5) is 31.1. The highest BCUT2D eigenvalue weighted by atomic mass is 35.5. The van der Waals surface area contributed by atoms with E-state index < -0.39 is 0 Å². The van der Waals surface area contributed by atoms with Crippen molar-refractivity contribution < 1.29 is 9.59 Å². The van der Waals surface area contributed by atoms with Crippen LogP contribution in [0.2, 0.25) is 5.02 Å². The fourth-order valence-corrected chi connectivity index (χ4v) is 3.25. The summed E-state index contributed by atoms with van der Waals surface area (Å²) < 4.78 is 0. The second-order valence-electron chi connectivity index (χ2n) is 5.15. The summed E-state index contributed by atoms with van der Waals surface area (Å²) in [6.45, 7) is 2.28. The first-order valence-electron chi connectivity index (χ1n) is 6.82. The number of aromatic nitrogens is 1. The van der Waals surface area contributed by atoms with Crippen LogP contribution in [0.25, 0.3) is 0 Å². The molecule has 1 saturated heterocycles. The van der Waals surface area contributed by atoms with E-state index in [9.17, 15) is 9.59 Å². The quantitative estimate of drug-likeness (QED) is 0.937. The summed E-state index contributed by atoms with van der Waals surface area (Å²) >= 11 is 7.37. The minimum atomic E-state index is -0.379. The van der Waals surface area contributed by atoms with Gasteiger partial charge in [0, 0.05) is 34.7 Å². The molecule has 5 nitrogen and oxygen atoms in total. The number of amides is 2. The van der Waals surface area contributed by atoms with Gasteiger partial charge >= 0.3 is 0 Å². The Morgan fingerprint density at radius 2 is 2.32 bits per heavy atom. The van der Waals surface area contributed by atoms with Gasteiger partial charge in [-0.2, -0.15) is 0 Å². The lowest BCUT2D eigenvalue weighted by Crippen LogP contribution is -2.28. The molecule has 2 aromatic rings. The minimum absolute atomic E-state index is 0.0715. The second-order valence-corrected chi connectivity index (χ2v) is 6.82. The lowest BCUT2D eigenvalue weighted by Gasteiger charge is -2.16. The van der Waals surface area contributed by atoms with Crippen LogP contribution in [0.4, 0.5) is 10.8 Å². The zero-order valence-electron chi connectivity index (χ0n) is 11.9. The van der Waals surface area contributed by atoms with Crippen molar-refractivity contribution in [1.29, 1.82) is 0 Å². The van der Waals surface area contributed by atoms with Gasteiger partial charge in [-0.1, -0.05) is 17.7 Å². The first-order valence-corrected chi connectivity index (χ1v) is 8.01. The van der Waals surface area contributed by atoms with E-state index in [0.717, 1.165) is 10.6 Å². The number of nitrogens with zero attached hydrogens (tertiary/aromatic N) is 2. The van der Waals surface area contributed by atoms with Gasteiger partial charge < -0.3 is 10.2 Å². The van der Waals surface area contributed by atoms with E-state index in [1.807, 2.05) is 13.0 Å². The maximum Gasteiger partial charge on any atom is 0.231 e. The second kappa shape index (κ2) is 6.06. The predicted molar refractivity (Wildman–Crippen MR) is 87.4 cm³/mol. The average Bonchev–Trinajstić information content (AvgIpc) is 3.05. The van der Waals surface area contributed by atoms with Crippen LogP contribution in [0.1, 0.15) is 11.3 Å². The van der Waals surface area contributed by atoms with Crippen molar-refractivity contribution in [3.05, 3.63) is 40.4 Å². The molecule has 2 heterocycles. The van der Waals surface area contributed by atoms with Crippen molar-refractivity contribution in [1.82, 2.24) is 4.98 Å². The SMILES string of the molecule is Cc1cnc(NC(=O)[C@@H]2CC(=O)N(c3cccc(Cl)c3)C2)s1. The summed E-state index contributed by atoms with van der Waals surface area (Å²) in [5, 5.41) is 3.90. The van der Waals surface area contributed by atoms with Crippen molar-refractivity contribution >= 4 is 45.6 Å². The monoisotopic (exact) mass is 335 g/mol. The molecule has 114 valence electrons. The van der Waals surface area contributed by atoms with Crippen molar-refractivity contribution in [3.8, 4) is 0 Å². The van der Waals surface area contributed by atoms with Crippen LogP contribution >= 0.6 is 22.9 Å². The van der Waals surface area contributed by atoms with E-state index in [1.54, 1.807) is 29.3 Å². The number of halogens is 1. The molecule has 1 fully saturated rings. The molecular formula is C15H14ClN3O2S. The number of hydrogen-bond acceptors (Lipinski definition) is 4. The third-order valence-electron chi connectivity index (χ3n) is 3.47. The lowest BCUT2D eigenvalue weighted by atomic mass is 10.1. The number of carbonyl (C=O) groups excluding carboxylic acids is 2. The number of benzene rings is 1. The maximum atomic E-state index is 12.3. The van der Waals surface area contributed by atoms with Gasteiger partial charge in [0.15, 0.2) is 5.13 Å². The molecule has 1 N–H and O–H groups in total. The Morgan fingerprint density at radius 1 is 1.50 bits per heavy atom. The van der Waals surface area contributed by atoms with Crippen molar-refractivity contribution in [2.24, 2.45) is 5.92 Å². The number of anilines is 2. The number of rotatable bonds is 3. The topological polar surface area (TPSA) is 62.3 Å². The van der Waals surface area contributed by atoms with Gasteiger partial charge in [-0.25, -0.2) is 4.98 Å². The molecule has 1 aliphatic rings. The van der Waals surface area contributed by atoms with Gasteiger partial charge in [-0.05, 0) is 25.1 Å². The van der Waals surface area contributed by atoms with Crippen LogP contribution in [-0.4, -0.2) is 23.3 Å². The van der Waals surface area contributed by atoms with Crippen LogP contribution < -0.4 is 10.2 Å². The molecule has 22 heavy (non-hydrogen) atoms. The highest BCUT2D eigenvalue weighted by Crippen LogP contribution is 2.28. The molecule has 1 atom stereocenters. The standard InChI is InChI=1S/C15H14ClN3O2S/c1-9-7-17-15(22-9)18-14(21)10-5-13(20)19(8-10)12-4-2-3-11(16)6-12/h2-4,6-7,10H,5,8H2,1H3,(H,17,18,21)/t10-/m1/s1. The fraction of sp³-hybridized carbons (Fsp3) is 0.267.